The maximum absolute atomic E-state index is 11.5. The largest absolute Gasteiger partial charge is 0.505 e. The van der Waals surface area contributed by atoms with Crippen LogP contribution < -0.4 is 5.19 Å². The van der Waals surface area contributed by atoms with E-state index in [2.05, 4.69) is 26.9 Å². The topological polar surface area (TPSA) is 245 Å². The second-order valence-electron chi connectivity index (χ2n) is 14.8. The zero-order valence-corrected chi connectivity index (χ0v) is 35.5. The van der Waals surface area contributed by atoms with Crippen LogP contribution in [0.5, 0.6) is 0 Å². The molecule has 0 amide bonds. The highest BCUT2D eigenvalue weighted by molar-refractivity contribution is 6.96. The van der Waals surface area contributed by atoms with Gasteiger partial charge in [-0.25, -0.2) is 0 Å². The molecule has 0 saturated carbocycles. The van der Waals surface area contributed by atoms with Crippen LogP contribution in [0.4, 0.5) is 0 Å². The Labute approximate surface area is 368 Å². The van der Waals surface area contributed by atoms with Crippen molar-refractivity contribution in [3.05, 3.63) is 30.3 Å². The first-order valence-electron chi connectivity index (χ1n) is 16.9. The molecule has 19 heteroatoms. The van der Waals surface area contributed by atoms with Gasteiger partial charge in [0, 0.05) is 30.9 Å². The SMILES string of the molecule is C.C.C.C.C.C.C.C.CC(C)CC[Si](C)(C)O[Si](O[Si](C)(C)CCC(CC(=O)O)CC(=O)O)(O[Si](C)(C)CCC(CC(=O)O)CC(=O)O)c1ccccc1.O=C=O.O=C=O. The Morgan fingerprint density at radius 3 is 0.950 bits per heavy atom. The van der Waals surface area contributed by atoms with Gasteiger partial charge in [0.15, 0.2) is 25.0 Å². The third-order valence-corrected chi connectivity index (χ3v) is 23.2. The van der Waals surface area contributed by atoms with Gasteiger partial charge in [-0.15, -0.1) is 0 Å². The number of rotatable bonds is 24. The van der Waals surface area contributed by atoms with E-state index in [0.717, 1.165) is 17.7 Å². The second-order valence-corrected chi connectivity index (χ2v) is 31.0. The van der Waals surface area contributed by atoms with Crippen molar-refractivity contribution in [2.45, 2.75) is 176 Å². The molecule has 0 radical (unpaired) electrons. The summed E-state index contributed by atoms with van der Waals surface area (Å²) < 4.78 is 21.6. The predicted octanol–water partition coefficient (Wildman–Crippen LogP) is 10.4. The normalized spacial score (nSPS) is 10.2. The Hall–Kier alpha value is -3.39. The molecular formula is C41H88O15Si4. The molecule has 15 nitrogen and oxygen atoms in total. The van der Waals surface area contributed by atoms with Crippen LogP contribution in [0.3, 0.4) is 0 Å². The van der Waals surface area contributed by atoms with Crippen LogP contribution >= 0.6 is 0 Å². The van der Waals surface area contributed by atoms with Gasteiger partial charge >= 0.3 is 45.0 Å². The minimum absolute atomic E-state index is 0. The maximum atomic E-state index is 11.5. The van der Waals surface area contributed by atoms with E-state index in [4.69, 9.17) is 31.5 Å². The number of carbonyl (C=O) groups excluding carboxylic acids is 4. The van der Waals surface area contributed by atoms with E-state index in [1.807, 2.05) is 56.5 Å². The number of carboxylic acid groups (broad SMARTS) is 4. The fourth-order valence-electron chi connectivity index (χ4n) is 5.41. The molecule has 0 unspecified atom stereocenters. The lowest BCUT2D eigenvalue weighted by molar-refractivity contribution is -0.193. The summed E-state index contributed by atoms with van der Waals surface area (Å²) in [6.45, 7) is 16.7. The molecule has 1 aromatic carbocycles. The van der Waals surface area contributed by atoms with Crippen LogP contribution in [-0.2, 0) is 50.7 Å². The van der Waals surface area contributed by atoms with E-state index in [1.54, 1.807) is 0 Å². The molecule has 0 spiro atoms. The Balaban J connectivity index is -0.000000210. The number of benzene rings is 1. The summed E-state index contributed by atoms with van der Waals surface area (Å²) in [7, 11) is -11.5. The summed E-state index contributed by atoms with van der Waals surface area (Å²) in [6, 6.07) is 11.5. The molecule has 0 aliphatic carbocycles. The average Bonchev–Trinajstić information content (AvgIpc) is 2.97. The molecule has 1 rings (SSSR count). The third kappa shape index (κ3) is 40.0. The van der Waals surface area contributed by atoms with Crippen molar-refractivity contribution in [1.29, 1.82) is 0 Å². The van der Waals surface area contributed by atoms with Crippen molar-refractivity contribution in [3.63, 3.8) is 0 Å². The summed E-state index contributed by atoms with van der Waals surface area (Å²) in [5.41, 5.74) is 0. The molecule has 358 valence electrons. The summed E-state index contributed by atoms with van der Waals surface area (Å²) in [6.07, 6.45) is 1.25. The van der Waals surface area contributed by atoms with Crippen molar-refractivity contribution < 1.29 is 71.1 Å². The highest BCUT2D eigenvalue weighted by Gasteiger charge is 2.54. The van der Waals surface area contributed by atoms with Crippen LogP contribution in [0.15, 0.2) is 30.3 Å². The van der Waals surface area contributed by atoms with Crippen molar-refractivity contribution in [2.75, 3.05) is 0 Å². The van der Waals surface area contributed by atoms with E-state index in [1.165, 1.54) is 0 Å². The van der Waals surface area contributed by atoms with Crippen molar-refractivity contribution in [3.8, 4) is 0 Å². The zero-order chi connectivity index (χ0) is 40.8. The quantitative estimate of drug-likeness (QED) is 0.0704. The molecule has 0 atom stereocenters. The fourth-order valence-corrected chi connectivity index (χ4v) is 22.5. The van der Waals surface area contributed by atoms with Gasteiger partial charge in [0.2, 0.25) is 0 Å². The first-order valence-corrected chi connectivity index (χ1v) is 28.0. The molecule has 1 aromatic rings. The van der Waals surface area contributed by atoms with Crippen LogP contribution in [0.1, 0.15) is 118 Å². The average molecular weight is 933 g/mol. The highest BCUT2D eigenvalue weighted by atomic mass is 28.5. The van der Waals surface area contributed by atoms with Gasteiger partial charge < -0.3 is 32.8 Å². The first kappa shape index (κ1) is 80.6. The molecule has 0 heterocycles. The van der Waals surface area contributed by atoms with Crippen molar-refractivity contribution >= 4 is 75.1 Å². The summed E-state index contributed by atoms with van der Waals surface area (Å²) in [4.78, 5) is 78.4. The van der Waals surface area contributed by atoms with Crippen molar-refractivity contribution in [2.24, 2.45) is 17.8 Å². The van der Waals surface area contributed by atoms with Gasteiger partial charge in [-0.1, -0.05) is 110 Å². The van der Waals surface area contributed by atoms with E-state index in [9.17, 15) is 39.6 Å². The number of aliphatic carboxylic acids is 4. The lowest BCUT2D eigenvalue weighted by Crippen LogP contribution is -2.68. The van der Waals surface area contributed by atoms with Crippen LogP contribution in [0.25, 0.3) is 0 Å². The highest BCUT2D eigenvalue weighted by Crippen LogP contribution is 2.34. The third-order valence-electron chi connectivity index (χ3n) is 7.85. The predicted molar refractivity (Wildman–Crippen MR) is 250 cm³/mol. The van der Waals surface area contributed by atoms with Crippen LogP contribution in [-0.4, -0.2) is 90.4 Å². The molecule has 0 fully saturated rings. The van der Waals surface area contributed by atoms with Gasteiger partial charge in [-0.3, -0.25) is 19.2 Å². The molecule has 0 aliphatic heterocycles. The standard InChI is InChI=1S/C31H56O11Si4.2CO2.8CH4/c1-24(2)14-17-43(3,4)40-46(27-12-10-9-11-13-27,41-44(5,6)18-15-25(20-28(32)33)21-29(34)35)42-45(7,8)19-16-26(22-30(36)37)23-31(38)39;2*2-1-3;;;;;;;;/h9-13,24-26H,14-23H2,1-8H3,(H,32,33)(H,34,35)(H,36,37)(H,38,39);;;8*1H4. The number of hydrogen-bond acceptors (Lipinski definition) is 11. The Morgan fingerprint density at radius 2 is 0.733 bits per heavy atom. The summed E-state index contributed by atoms with van der Waals surface area (Å²) >= 11 is 0. The summed E-state index contributed by atoms with van der Waals surface area (Å²) in [5, 5.41) is 38.4. The molecule has 60 heavy (non-hydrogen) atoms. The molecular weight excluding hydrogens is 845 g/mol. The molecule has 0 aromatic heterocycles. The smallest absolute Gasteiger partial charge is 0.481 e. The minimum atomic E-state index is -3.70. The Kier molecular flexibility index (Phi) is 53.4. The van der Waals surface area contributed by atoms with Gasteiger partial charge in [-0.05, 0) is 88.0 Å². The number of carbonyl (C=O) groups is 4. The number of carboxylic acids is 4. The van der Waals surface area contributed by atoms with E-state index >= 15 is 0 Å². The summed E-state index contributed by atoms with van der Waals surface area (Å²) in [5.74, 6) is -4.77. The lowest BCUT2D eigenvalue weighted by atomic mass is 9.99. The monoisotopic (exact) mass is 933 g/mol. The van der Waals surface area contributed by atoms with Gasteiger partial charge in [-0.2, -0.15) is 19.2 Å². The fraction of sp³-hybridized carbons (Fsp3) is 0.707. The van der Waals surface area contributed by atoms with Gasteiger partial charge in [0.25, 0.3) is 0 Å². The van der Waals surface area contributed by atoms with Crippen LogP contribution in [0.2, 0.25) is 57.4 Å². The molecule has 0 aliphatic rings. The van der Waals surface area contributed by atoms with E-state index in [-0.39, 0.29) is 97.4 Å². The first-order chi connectivity index (χ1) is 23.9. The second kappa shape index (κ2) is 39.7. The van der Waals surface area contributed by atoms with Gasteiger partial charge in [0.1, 0.15) is 0 Å². The molecule has 0 bridgehead atoms. The Morgan fingerprint density at radius 1 is 0.500 bits per heavy atom. The van der Waals surface area contributed by atoms with Crippen molar-refractivity contribution in [1.82, 2.24) is 0 Å². The molecule has 0 saturated heterocycles. The minimum Gasteiger partial charge on any atom is -0.481 e. The lowest BCUT2D eigenvalue weighted by Gasteiger charge is -2.45. The zero-order valence-electron chi connectivity index (χ0n) is 31.5. The van der Waals surface area contributed by atoms with Gasteiger partial charge in [0.05, 0.1) is 0 Å². The Bertz CT molecular complexity index is 1230. The van der Waals surface area contributed by atoms with E-state index < -0.39 is 69.5 Å². The number of hydrogen-bond donors (Lipinski definition) is 4. The van der Waals surface area contributed by atoms with Crippen LogP contribution in [0, 0.1) is 17.8 Å². The maximum Gasteiger partial charge on any atom is 0.505 e. The van der Waals surface area contributed by atoms with E-state index in [0.29, 0.717) is 30.8 Å². The molecule has 4 N–H and O–H groups in total.